The van der Waals surface area contributed by atoms with E-state index in [1.165, 1.54) is 12.1 Å². The van der Waals surface area contributed by atoms with Gasteiger partial charge in [0.25, 0.3) is 5.91 Å². The molecule has 0 aromatic heterocycles. The highest BCUT2D eigenvalue weighted by molar-refractivity contribution is 6.32. The Morgan fingerprint density at radius 2 is 2.05 bits per heavy atom. The summed E-state index contributed by atoms with van der Waals surface area (Å²) in [5.74, 6) is -1.27. The van der Waals surface area contributed by atoms with Gasteiger partial charge < -0.3 is 15.1 Å². The largest absolute Gasteiger partial charge is 0.478 e. The molecule has 21 heavy (non-hydrogen) atoms. The monoisotopic (exact) mass is 311 g/mol. The highest BCUT2D eigenvalue weighted by Gasteiger charge is 2.15. The van der Waals surface area contributed by atoms with Gasteiger partial charge >= 0.3 is 5.97 Å². The molecule has 114 valence electrons. The van der Waals surface area contributed by atoms with Crippen molar-refractivity contribution < 1.29 is 19.8 Å². The number of benzene rings is 1. The summed E-state index contributed by atoms with van der Waals surface area (Å²) in [7, 11) is 0. The Balaban J connectivity index is 2.96. The number of carboxylic acids is 1. The van der Waals surface area contributed by atoms with Crippen molar-refractivity contribution in [3.8, 4) is 0 Å². The molecule has 1 aromatic carbocycles. The van der Waals surface area contributed by atoms with Gasteiger partial charge in [-0.2, -0.15) is 0 Å². The predicted octanol–water partition coefficient (Wildman–Crippen LogP) is 2.28. The number of carbonyl (C=O) groups excluding carboxylic acids is 1. The number of hydrogen-bond donors (Lipinski definition) is 2. The molecule has 0 atom stereocenters. The molecule has 1 amide bonds. The van der Waals surface area contributed by atoms with E-state index in [2.05, 4.69) is 0 Å². The van der Waals surface area contributed by atoms with Crippen molar-refractivity contribution in [2.45, 2.75) is 13.3 Å². The van der Waals surface area contributed by atoms with Crippen LogP contribution in [0.5, 0.6) is 0 Å². The van der Waals surface area contributed by atoms with E-state index < -0.39 is 5.97 Å². The molecule has 0 unspecified atom stereocenters. The molecular formula is C15H18ClNO4. The van der Waals surface area contributed by atoms with Gasteiger partial charge in [-0.3, -0.25) is 4.79 Å². The maximum absolute atomic E-state index is 12.3. The summed E-state index contributed by atoms with van der Waals surface area (Å²) >= 11 is 6.05. The second-order valence-corrected chi connectivity index (χ2v) is 4.83. The van der Waals surface area contributed by atoms with Gasteiger partial charge in [0.1, 0.15) is 0 Å². The van der Waals surface area contributed by atoms with Gasteiger partial charge in [-0.15, -0.1) is 0 Å². The SMILES string of the molecule is CCCN(CCO)C(=O)c1ccc(/C=C/C(=O)O)c(Cl)c1. The van der Waals surface area contributed by atoms with Crippen LogP contribution in [-0.2, 0) is 4.79 Å². The molecule has 2 N–H and O–H groups in total. The first-order valence-corrected chi connectivity index (χ1v) is 6.98. The zero-order chi connectivity index (χ0) is 15.8. The Hall–Kier alpha value is -1.85. The summed E-state index contributed by atoms with van der Waals surface area (Å²) in [6.07, 6.45) is 3.15. The molecule has 0 bridgehead atoms. The summed E-state index contributed by atoms with van der Waals surface area (Å²) in [5, 5.41) is 17.9. The van der Waals surface area contributed by atoms with E-state index in [1.54, 1.807) is 17.0 Å². The van der Waals surface area contributed by atoms with Crippen LogP contribution in [-0.4, -0.2) is 46.7 Å². The number of carboxylic acid groups (broad SMARTS) is 1. The molecule has 0 saturated carbocycles. The fourth-order valence-corrected chi connectivity index (χ4v) is 2.09. The van der Waals surface area contributed by atoms with Gasteiger partial charge in [0.2, 0.25) is 0 Å². The average molecular weight is 312 g/mol. The molecule has 0 radical (unpaired) electrons. The standard InChI is InChI=1S/C15H18ClNO4/c1-2-7-17(8-9-18)15(21)12-4-3-11(13(16)10-12)5-6-14(19)20/h3-6,10,18H,2,7-9H2,1H3,(H,19,20)/b6-5+. The molecule has 5 nitrogen and oxygen atoms in total. The van der Waals surface area contributed by atoms with Crippen molar-refractivity contribution in [1.29, 1.82) is 0 Å². The van der Waals surface area contributed by atoms with Crippen molar-refractivity contribution >= 4 is 29.6 Å². The first-order valence-electron chi connectivity index (χ1n) is 6.60. The topological polar surface area (TPSA) is 77.8 Å². The number of rotatable bonds is 7. The summed E-state index contributed by atoms with van der Waals surface area (Å²) < 4.78 is 0. The van der Waals surface area contributed by atoms with Gasteiger partial charge in [-0.1, -0.05) is 24.6 Å². The predicted molar refractivity (Wildman–Crippen MR) is 81.4 cm³/mol. The van der Waals surface area contributed by atoms with Gasteiger partial charge in [0.05, 0.1) is 6.61 Å². The maximum Gasteiger partial charge on any atom is 0.328 e. The summed E-state index contributed by atoms with van der Waals surface area (Å²) in [5.41, 5.74) is 0.939. The average Bonchev–Trinajstić information content (AvgIpc) is 2.44. The lowest BCUT2D eigenvalue weighted by molar-refractivity contribution is -0.131. The normalized spacial score (nSPS) is 10.8. The Morgan fingerprint density at radius 3 is 2.57 bits per heavy atom. The third-order valence-electron chi connectivity index (χ3n) is 2.80. The van der Waals surface area contributed by atoms with Crippen LogP contribution in [0.25, 0.3) is 6.08 Å². The van der Waals surface area contributed by atoms with Gasteiger partial charge in [0, 0.05) is 29.8 Å². The second-order valence-electron chi connectivity index (χ2n) is 4.42. The Labute approximate surface area is 128 Å². The molecule has 0 spiro atoms. The van der Waals surface area contributed by atoms with Gasteiger partial charge in [-0.25, -0.2) is 4.79 Å². The maximum atomic E-state index is 12.3. The zero-order valence-corrected chi connectivity index (χ0v) is 12.5. The van der Waals surface area contributed by atoms with Crippen LogP contribution in [0, 0.1) is 0 Å². The number of carbonyl (C=O) groups is 2. The van der Waals surface area contributed by atoms with E-state index in [0.717, 1.165) is 12.5 Å². The van der Waals surface area contributed by atoms with Crippen LogP contribution in [0.1, 0.15) is 29.3 Å². The van der Waals surface area contributed by atoms with E-state index >= 15 is 0 Å². The van der Waals surface area contributed by atoms with E-state index in [4.69, 9.17) is 21.8 Å². The molecule has 0 heterocycles. The van der Waals surface area contributed by atoms with Crippen molar-refractivity contribution in [3.63, 3.8) is 0 Å². The number of amides is 1. The molecular weight excluding hydrogens is 294 g/mol. The molecule has 0 aliphatic rings. The third kappa shape index (κ3) is 5.21. The lowest BCUT2D eigenvalue weighted by Crippen LogP contribution is -2.34. The number of hydrogen-bond acceptors (Lipinski definition) is 3. The minimum absolute atomic E-state index is 0.0983. The summed E-state index contributed by atoms with van der Waals surface area (Å²) in [6, 6.07) is 4.69. The fraction of sp³-hybridized carbons (Fsp3) is 0.333. The molecule has 1 aromatic rings. The van der Waals surface area contributed by atoms with Crippen LogP contribution in [0.4, 0.5) is 0 Å². The minimum Gasteiger partial charge on any atom is -0.478 e. The first-order chi connectivity index (χ1) is 9.99. The fourth-order valence-electron chi connectivity index (χ4n) is 1.84. The van der Waals surface area contributed by atoms with Crippen LogP contribution in [0.15, 0.2) is 24.3 Å². The Kier molecular flexibility index (Phi) is 6.91. The first kappa shape index (κ1) is 17.2. The zero-order valence-electron chi connectivity index (χ0n) is 11.8. The molecule has 0 fully saturated rings. The van der Waals surface area contributed by atoms with Crippen molar-refractivity contribution in [1.82, 2.24) is 4.90 Å². The van der Waals surface area contributed by atoms with E-state index in [1.807, 2.05) is 6.92 Å². The number of aliphatic hydroxyl groups is 1. The van der Waals surface area contributed by atoms with E-state index in [-0.39, 0.29) is 19.1 Å². The molecule has 0 aliphatic carbocycles. The molecule has 0 saturated heterocycles. The summed E-state index contributed by atoms with van der Waals surface area (Å²) in [6.45, 7) is 2.67. The van der Waals surface area contributed by atoms with Crippen molar-refractivity contribution in [3.05, 3.63) is 40.4 Å². The lowest BCUT2D eigenvalue weighted by Gasteiger charge is -2.21. The molecule has 1 rings (SSSR count). The van der Waals surface area contributed by atoms with Crippen LogP contribution in [0.3, 0.4) is 0 Å². The van der Waals surface area contributed by atoms with Crippen molar-refractivity contribution in [2.24, 2.45) is 0 Å². The molecule has 6 heteroatoms. The van der Waals surface area contributed by atoms with E-state index in [0.29, 0.717) is 22.7 Å². The minimum atomic E-state index is -1.07. The van der Waals surface area contributed by atoms with Crippen LogP contribution in [0.2, 0.25) is 5.02 Å². The smallest absolute Gasteiger partial charge is 0.328 e. The molecule has 0 aliphatic heterocycles. The number of aliphatic carboxylic acids is 1. The second kappa shape index (κ2) is 8.44. The highest BCUT2D eigenvalue weighted by Crippen LogP contribution is 2.20. The lowest BCUT2D eigenvalue weighted by atomic mass is 10.1. The number of nitrogens with zero attached hydrogens (tertiary/aromatic N) is 1. The van der Waals surface area contributed by atoms with Crippen LogP contribution < -0.4 is 0 Å². The van der Waals surface area contributed by atoms with Crippen LogP contribution >= 0.6 is 11.6 Å². The van der Waals surface area contributed by atoms with Gasteiger partial charge in [0.15, 0.2) is 0 Å². The quantitative estimate of drug-likeness (QED) is 0.757. The number of aliphatic hydroxyl groups excluding tert-OH is 1. The third-order valence-corrected chi connectivity index (χ3v) is 3.13. The highest BCUT2D eigenvalue weighted by atomic mass is 35.5. The Morgan fingerprint density at radius 1 is 1.33 bits per heavy atom. The van der Waals surface area contributed by atoms with Crippen molar-refractivity contribution in [2.75, 3.05) is 19.7 Å². The number of halogens is 1. The van der Waals surface area contributed by atoms with E-state index in [9.17, 15) is 9.59 Å². The Bertz CT molecular complexity index is 536. The van der Waals surface area contributed by atoms with Gasteiger partial charge in [-0.05, 0) is 30.2 Å². The summed E-state index contributed by atoms with van der Waals surface area (Å²) in [4.78, 5) is 24.3.